The van der Waals surface area contributed by atoms with Crippen molar-refractivity contribution < 1.29 is 14.6 Å². The number of hydrogen-bond donors (Lipinski definition) is 1. The molecule has 1 aromatic rings. The Hall–Kier alpha value is -1.22. The number of ether oxygens (including phenoxy) is 2. The molecule has 1 rings (SSSR count). The topological polar surface area (TPSA) is 38.7 Å². The van der Waals surface area contributed by atoms with Gasteiger partial charge in [0.2, 0.25) is 0 Å². The van der Waals surface area contributed by atoms with Crippen molar-refractivity contribution in [2.24, 2.45) is 0 Å². The molecule has 1 N–H and O–H groups in total. The molecule has 0 atom stereocenters. The first-order valence-electron chi connectivity index (χ1n) is 16.8. The molecule has 0 bridgehead atoms. The zero-order valence-corrected chi connectivity index (χ0v) is 25.6. The second-order valence-electron chi connectivity index (χ2n) is 11.4. The van der Waals surface area contributed by atoms with Gasteiger partial charge in [-0.2, -0.15) is 0 Å². The van der Waals surface area contributed by atoms with Crippen LogP contribution in [0.25, 0.3) is 0 Å². The minimum Gasteiger partial charge on any atom is -0.493 e. The van der Waals surface area contributed by atoms with Crippen molar-refractivity contribution in [3.8, 4) is 11.5 Å². The van der Waals surface area contributed by atoms with E-state index in [0.717, 1.165) is 43.1 Å². The zero-order valence-electron chi connectivity index (χ0n) is 25.6. The summed E-state index contributed by atoms with van der Waals surface area (Å²) >= 11 is 0. The third kappa shape index (κ3) is 21.7. The van der Waals surface area contributed by atoms with Crippen LogP contribution in [-0.2, 0) is 6.61 Å². The lowest BCUT2D eigenvalue weighted by molar-refractivity contribution is 0.271. The summed E-state index contributed by atoms with van der Waals surface area (Å²) in [4.78, 5) is 0. The number of hydrogen-bond acceptors (Lipinski definition) is 3. The fourth-order valence-electron chi connectivity index (χ4n) is 5.15. The highest BCUT2D eigenvalue weighted by atomic mass is 16.5. The van der Waals surface area contributed by atoms with Gasteiger partial charge in [-0.3, -0.25) is 0 Å². The maximum atomic E-state index is 9.64. The molecule has 0 radical (unpaired) electrons. The normalized spacial score (nSPS) is 11.2. The van der Waals surface area contributed by atoms with E-state index >= 15 is 0 Å². The molecule has 0 aliphatic heterocycles. The number of benzene rings is 1. The van der Waals surface area contributed by atoms with Crippen LogP contribution in [0.4, 0.5) is 0 Å². The number of aliphatic hydroxyl groups excluding tert-OH is 1. The van der Waals surface area contributed by atoms with Crippen molar-refractivity contribution in [2.75, 3.05) is 13.2 Å². The maximum absolute atomic E-state index is 9.64. The Kier molecular flexibility index (Phi) is 25.1. The predicted octanol–water partition coefficient (Wildman–Crippen LogP) is 11.3. The summed E-state index contributed by atoms with van der Waals surface area (Å²) in [6.45, 7) is 6.06. The van der Waals surface area contributed by atoms with Crippen LogP contribution in [0.1, 0.15) is 174 Å². The highest BCUT2D eigenvalue weighted by molar-refractivity contribution is 5.38. The van der Waals surface area contributed by atoms with E-state index in [-0.39, 0.29) is 6.61 Å². The maximum Gasteiger partial charge on any atom is 0.123 e. The highest BCUT2D eigenvalue weighted by Gasteiger charge is 2.04. The quantitative estimate of drug-likeness (QED) is 0.104. The van der Waals surface area contributed by atoms with Gasteiger partial charge in [-0.1, -0.05) is 155 Å². The second kappa shape index (κ2) is 27.4. The van der Waals surface area contributed by atoms with E-state index in [2.05, 4.69) is 13.8 Å². The smallest absolute Gasteiger partial charge is 0.123 e. The van der Waals surface area contributed by atoms with Gasteiger partial charge in [0.25, 0.3) is 0 Å². The number of unbranched alkanes of at least 4 members (excludes halogenated alkanes) is 22. The van der Waals surface area contributed by atoms with E-state index in [4.69, 9.17) is 9.47 Å². The van der Waals surface area contributed by atoms with E-state index in [1.54, 1.807) is 0 Å². The van der Waals surface area contributed by atoms with Crippen LogP contribution in [0.2, 0.25) is 0 Å². The first kappa shape index (κ1) is 34.8. The molecule has 0 saturated heterocycles. The first-order chi connectivity index (χ1) is 18.8. The summed E-state index contributed by atoms with van der Waals surface area (Å²) in [5, 5.41) is 9.64. The van der Waals surface area contributed by atoms with Crippen molar-refractivity contribution in [1.29, 1.82) is 0 Å². The second-order valence-corrected chi connectivity index (χ2v) is 11.4. The predicted molar refractivity (Wildman–Crippen MR) is 166 cm³/mol. The zero-order chi connectivity index (χ0) is 27.4. The Morgan fingerprint density at radius 1 is 0.421 bits per heavy atom. The van der Waals surface area contributed by atoms with Crippen LogP contribution in [-0.4, -0.2) is 18.3 Å². The van der Waals surface area contributed by atoms with Crippen molar-refractivity contribution in [1.82, 2.24) is 0 Å². The summed E-state index contributed by atoms with van der Waals surface area (Å²) in [6, 6.07) is 5.87. The van der Waals surface area contributed by atoms with E-state index in [9.17, 15) is 5.11 Å². The van der Waals surface area contributed by atoms with Gasteiger partial charge in [0, 0.05) is 6.07 Å². The molecule has 0 aromatic heterocycles. The molecule has 0 spiro atoms. The molecule has 3 heteroatoms. The summed E-state index contributed by atoms with van der Waals surface area (Å²) in [7, 11) is 0. The van der Waals surface area contributed by atoms with Gasteiger partial charge in [0.1, 0.15) is 11.5 Å². The Morgan fingerprint density at radius 3 is 1.00 bits per heavy atom. The third-order valence-electron chi connectivity index (χ3n) is 7.66. The molecular formula is C35H64O3. The van der Waals surface area contributed by atoms with Gasteiger partial charge < -0.3 is 14.6 Å². The SMILES string of the molecule is CCCCCCCCCCCCCCCCOc1cc(CO)cc(OCCCCCCCCCCCC)c1. The molecule has 0 heterocycles. The molecule has 0 saturated carbocycles. The largest absolute Gasteiger partial charge is 0.493 e. The van der Waals surface area contributed by atoms with Gasteiger partial charge >= 0.3 is 0 Å². The average Bonchev–Trinajstić information content (AvgIpc) is 2.93. The molecule has 0 amide bonds. The first-order valence-corrected chi connectivity index (χ1v) is 16.8. The van der Waals surface area contributed by atoms with Gasteiger partial charge in [0.15, 0.2) is 0 Å². The fraction of sp³-hybridized carbons (Fsp3) is 0.829. The van der Waals surface area contributed by atoms with Crippen molar-refractivity contribution >= 4 is 0 Å². The summed E-state index contributed by atoms with van der Waals surface area (Å²) in [5.41, 5.74) is 0.863. The molecule has 0 aliphatic rings. The molecule has 38 heavy (non-hydrogen) atoms. The Morgan fingerprint density at radius 2 is 0.711 bits per heavy atom. The molecular weight excluding hydrogens is 468 g/mol. The van der Waals surface area contributed by atoms with E-state index < -0.39 is 0 Å². The lowest BCUT2D eigenvalue weighted by atomic mass is 10.0. The van der Waals surface area contributed by atoms with E-state index in [0.29, 0.717) is 0 Å². The van der Waals surface area contributed by atoms with Crippen LogP contribution < -0.4 is 9.47 Å². The summed E-state index contributed by atoms with van der Waals surface area (Å²) < 4.78 is 12.0. The standard InChI is InChI=1S/C35H64O3/c1-3-5-7-9-11-13-15-16-17-18-20-22-24-26-28-38-35-30-33(32-36)29-34(31-35)37-27-25-23-21-19-14-12-10-8-6-4-2/h29-31,36H,3-28,32H2,1-2H3. The van der Waals surface area contributed by atoms with Gasteiger partial charge in [-0.25, -0.2) is 0 Å². The number of rotatable bonds is 29. The van der Waals surface area contributed by atoms with Crippen molar-refractivity contribution in [3.05, 3.63) is 23.8 Å². The fourth-order valence-corrected chi connectivity index (χ4v) is 5.15. The Balaban J connectivity index is 2.02. The van der Waals surface area contributed by atoms with Crippen molar-refractivity contribution in [3.63, 3.8) is 0 Å². The molecule has 3 nitrogen and oxygen atoms in total. The highest BCUT2D eigenvalue weighted by Crippen LogP contribution is 2.24. The lowest BCUT2D eigenvalue weighted by Crippen LogP contribution is -2.01. The third-order valence-corrected chi connectivity index (χ3v) is 7.66. The molecule has 0 aliphatic carbocycles. The monoisotopic (exact) mass is 532 g/mol. The Bertz CT molecular complexity index is 615. The summed E-state index contributed by atoms with van der Waals surface area (Å²) in [5.74, 6) is 1.65. The molecule has 1 aromatic carbocycles. The average molecular weight is 533 g/mol. The minimum absolute atomic E-state index is 0.0185. The molecule has 0 fully saturated rings. The lowest BCUT2D eigenvalue weighted by Gasteiger charge is -2.12. The van der Waals surface area contributed by atoms with Crippen LogP contribution in [0, 0.1) is 0 Å². The Labute approximate surface area is 237 Å². The molecule has 222 valence electrons. The van der Waals surface area contributed by atoms with Crippen LogP contribution in [0.15, 0.2) is 18.2 Å². The van der Waals surface area contributed by atoms with Crippen LogP contribution >= 0.6 is 0 Å². The summed E-state index contributed by atoms with van der Waals surface area (Å²) in [6.07, 6.45) is 32.4. The number of aliphatic hydroxyl groups is 1. The molecule has 0 unspecified atom stereocenters. The van der Waals surface area contributed by atoms with E-state index in [1.807, 2.05) is 18.2 Å². The minimum atomic E-state index is 0.0185. The van der Waals surface area contributed by atoms with Crippen LogP contribution in [0.3, 0.4) is 0 Å². The van der Waals surface area contributed by atoms with Crippen molar-refractivity contribution in [2.45, 2.75) is 175 Å². The van der Waals surface area contributed by atoms with Gasteiger partial charge in [0.05, 0.1) is 19.8 Å². The van der Waals surface area contributed by atoms with E-state index in [1.165, 1.54) is 141 Å². The van der Waals surface area contributed by atoms with Gasteiger partial charge in [-0.15, -0.1) is 0 Å². The van der Waals surface area contributed by atoms with Crippen LogP contribution in [0.5, 0.6) is 11.5 Å². The van der Waals surface area contributed by atoms with Gasteiger partial charge in [-0.05, 0) is 30.5 Å².